The Kier molecular flexibility index (Phi) is 2.02. The van der Waals surface area contributed by atoms with Gasteiger partial charge in [-0.05, 0) is 13.8 Å². The number of esters is 1. The van der Waals surface area contributed by atoms with Gasteiger partial charge in [0, 0.05) is 12.3 Å². The Morgan fingerprint density at radius 2 is 2.43 bits per heavy atom. The SMILES string of the molecule is CC1(C)OC(=O)CC1Cc1nnco1. The van der Waals surface area contributed by atoms with Crippen LogP contribution in [0.2, 0.25) is 0 Å². The molecule has 76 valence electrons. The summed E-state index contributed by atoms with van der Waals surface area (Å²) in [5.74, 6) is 0.524. The summed E-state index contributed by atoms with van der Waals surface area (Å²) in [6.07, 6.45) is 2.31. The Labute approximate surface area is 81.5 Å². The Balaban J connectivity index is 2.08. The molecule has 0 amide bonds. The molecule has 1 aromatic rings. The van der Waals surface area contributed by atoms with Crippen LogP contribution in [-0.2, 0) is 16.0 Å². The predicted molar refractivity (Wildman–Crippen MR) is 46.3 cm³/mol. The van der Waals surface area contributed by atoms with Crippen molar-refractivity contribution >= 4 is 5.97 Å². The van der Waals surface area contributed by atoms with Gasteiger partial charge in [-0.3, -0.25) is 4.79 Å². The van der Waals surface area contributed by atoms with Gasteiger partial charge >= 0.3 is 5.97 Å². The van der Waals surface area contributed by atoms with Crippen LogP contribution in [-0.4, -0.2) is 21.8 Å². The molecule has 1 atom stereocenters. The molecule has 5 heteroatoms. The van der Waals surface area contributed by atoms with Crippen LogP contribution in [0.1, 0.15) is 26.2 Å². The van der Waals surface area contributed by atoms with Crippen LogP contribution < -0.4 is 0 Å². The first kappa shape index (κ1) is 9.18. The second-order valence-electron chi connectivity index (χ2n) is 4.02. The molecule has 0 aromatic carbocycles. The van der Waals surface area contributed by atoms with Crippen LogP contribution in [0.5, 0.6) is 0 Å². The zero-order chi connectivity index (χ0) is 10.2. The fourth-order valence-electron chi connectivity index (χ4n) is 1.68. The van der Waals surface area contributed by atoms with E-state index in [1.54, 1.807) is 0 Å². The zero-order valence-electron chi connectivity index (χ0n) is 8.19. The number of aromatic nitrogens is 2. The number of carbonyl (C=O) groups excluding carboxylic acids is 1. The average molecular weight is 196 g/mol. The Morgan fingerprint density at radius 3 is 2.93 bits per heavy atom. The molecule has 1 aliphatic rings. The molecular formula is C9H12N2O3. The van der Waals surface area contributed by atoms with E-state index in [9.17, 15) is 4.79 Å². The Hall–Kier alpha value is -1.39. The van der Waals surface area contributed by atoms with Crippen LogP contribution in [0, 0.1) is 5.92 Å². The minimum absolute atomic E-state index is 0.121. The number of ether oxygens (including phenoxy) is 1. The summed E-state index contributed by atoms with van der Waals surface area (Å²) in [5.41, 5.74) is -0.425. The van der Waals surface area contributed by atoms with E-state index >= 15 is 0 Å². The average Bonchev–Trinajstić information content (AvgIpc) is 2.61. The van der Waals surface area contributed by atoms with Gasteiger partial charge in [-0.1, -0.05) is 0 Å². The summed E-state index contributed by atoms with van der Waals surface area (Å²) in [6.45, 7) is 3.80. The van der Waals surface area contributed by atoms with Crippen molar-refractivity contribution in [3.8, 4) is 0 Å². The highest BCUT2D eigenvalue weighted by Gasteiger charge is 2.42. The van der Waals surface area contributed by atoms with Crippen molar-refractivity contribution in [2.75, 3.05) is 0 Å². The molecule has 1 saturated heterocycles. The van der Waals surface area contributed by atoms with Gasteiger partial charge in [-0.2, -0.15) is 0 Å². The van der Waals surface area contributed by atoms with Gasteiger partial charge in [0.05, 0.1) is 6.42 Å². The van der Waals surface area contributed by atoms with Crippen LogP contribution in [0.4, 0.5) is 0 Å². The normalized spacial score (nSPS) is 25.0. The summed E-state index contributed by atoms with van der Waals surface area (Å²) < 4.78 is 10.2. The molecule has 1 unspecified atom stereocenters. The number of carbonyl (C=O) groups is 1. The molecular weight excluding hydrogens is 184 g/mol. The highest BCUT2D eigenvalue weighted by molar-refractivity contribution is 5.72. The van der Waals surface area contributed by atoms with Crippen LogP contribution >= 0.6 is 0 Å². The van der Waals surface area contributed by atoms with Crippen molar-refractivity contribution in [1.29, 1.82) is 0 Å². The highest BCUT2D eigenvalue weighted by atomic mass is 16.6. The number of hydrogen-bond donors (Lipinski definition) is 0. The topological polar surface area (TPSA) is 65.2 Å². The standard InChI is InChI=1S/C9H12N2O3/c1-9(2)6(4-8(12)14-9)3-7-11-10-5-13-7/h5-6H,3-4H2,1-2H3. The second kappa shape index (κ2) is 3.08. The smallest absolute Gasteiger partial charge is 0.306 e. The largest absolute Gasteiger partial charge is 0.459 e. The van der Waals surface area contributed by atoms with Crippen LogP contribution in [0.3, 0.4) is 0 Å². The van der Waals surface area contributed by atoms with Gasteiger partial charge in [0.25, 0.3) is 0 Å². The lowest BCUT2D eigenvalue weighted by molar-refractivity contribution is -0.146. The van der Waals surface area contributed by atoms with Gasteiger partial charge in [0.1, 0.15) is 5.60 Å². The molecule has 0 N–H and O–H groups in total. The summed E-state index contributed by atoms with van der Waals surface area (Å²) in [6, 6.07) is 0. The lowest BCUT2D eigenvalue weighted by Crippen LogP contribution is -2.28. The monoisotopic (exact) mass is 196 g/mol. The molecule has 14 heavy (non-hydrogen) atoms. The number of nitrogens with zero attached hydrogens (tertiary/aromatic N) is 2. The van der Waals surface area contributed by atoms with E-state index in [0.717, 1.165) is 0 Å². The molecule has 0 saturated carbocycles. The lowest BCUT2D eigenvalue weighted by atomic mass is 9.88. The quantitative estimate of drug-likeness (QED) is 0.659. The van der Waals surface area contributed by atoms with E-state index in [0.29, 0.717) is 18.7 Å². The second-order valence-corrected chi connectivity index (χ2v) is 4.02. The van der Waals surface area contributed by atoms with E-state index in [1.807, 2.05) is 13.8 Å². The molecule has 0 spiro atoms. The van der Waals surface area contributed by atoms with Crippen molar-refractivity contribution in [3.05, 3.63) is 12.3 Å². The summed E-state index contributed by atoms with van der Waals surface area (Å²) >= 11 is 0. The highest BCUT2D eigenvalue weighted by Crippen LogP contribution is 2.34. The molecule has 0 radical (unpaired) electrons. The lowest BCUT2D eigenvalue weighted by Gasteiger charge is -2.23. The number of hydrogen-bond acceptors (Lipinski definition) is 5. The zero-order valence-corrected chi connectivity index (χ0v) is 8.19. The molecule has 2 rings (SSSR count). The minimum atomic E-state index is -0.425. The molecule has 1 aromatic heterocycles. The van der Waals surface area contributed by atoms with Gasteiger partial charge in [-0.15, -0.1) is 10.2 Å². The van der Waals surface area contributed by atoms with Gasteiger partial charge in [-0.25, -0.2) is 0 Å². The predicted octanol–water partition coefficient (Wildman–Crippen LogP) is 0.954. The number of rotatable bonds is 2. The van der Waals surface area contributed by atoms with Crippen molar-refractivity contribution in [3.63, 3.8) is 0 Å². The third-order valence-corrected chi connectivity index (χ3v) is 2.60. The fourth-order valence-corrected chi connectivity index (χ4v) is 1.68. The van der Waals surface area contributed by atoms with E-state index < -0.39 is 5.60 Å². The Morgan fingerprint density at radius 1 is 1.64 bits per heavy atom. The summed E-state index contributed by atoms with van der Waals surface area (Å²) in [4.78, 5) is 11.1. The molecule has 2 heterocycles. The van der Waals surface area contributed by atoms with Crippen LogP contribution in [0.15, 0.2) is 10.8 Å². The van der Waals surface area contributed by atoms with E-state index in [4.69, 9.17) is 9.15 Å². The van der Waals surface area contributed by atoms with E-state index in [1.165, 1.54) is 6.39 Å². The first-order chi connectivity index (χ1) is 6.58. The van der Waals surface area contributed by atoms with Crippen molar-refractivity contribution in [1.82, 2.24) is 10.2 Å². The summed E-state index contributed by atoms with van der Waals surface area (Å²) in [5, 5.41) is 7.38. The third kappa shape index (κ3) is 1.62. The number of cyclic esters (lactones) is 1. The van der Waals surface area contributed by atoms with Crippen LogP contribution in [0.25, 0.3) is 0 Å². The van der Waals surface area contributed by atoms with Gasteiger partial charge in [0.2, 0.25) is 12.3 Å². The van der Waals surface area contributed by atoms with E-state index in [2.05, 4.69) is 10.2 Å². The first-order valence-corrected chi connectivity index (χ1v) is 4.55. The molecule has 0 bridgehead atoms. The summed E-state index contributed by atoms with van der Waals surface area (Å²) in [7, 11) is 0. The van der Waals surface area contributed by atoms with Crippen molar-refractivity contribution in [2.45, 2.75) is 32.3 Å². The maximum absolute atomic E-state index is 11.1. The minimum Gasteiger partial charge on any atom is -0.459 e. The molecule has 0 aliphatic carbocycles. The van der Waals surface area contributed by atoms with Crippen molar-refractivity contribution < 1.29 is 13.9 Å². The molecule has 1 aliphatic heterocycles. The fraction of sp³-hybridized carbons (Fsp3) is 0.667. The maximum atomic E-state index is 11.1. The molecule has 5 nitrogen and oxygen atoms in total. The van der Waals surface area contributed by atoms with Gasteiger partial charge < -0.3 is 9.15 Å². The first-order valence-electron chi connectivity index (χ1n) is 4.55. The Bertz CT molecular complexity index is 332. The van der Waals surface area contributed by atoms with Crippen molar-refractivity contribution in [2.24, 2.45) is 5.92 Å². The van der Waals surface area contributed by atoms with E-state index in [-0.39, 0.29) is 11.9 Å². The maximum Gasteiger partial charge on any atom is 0.306 e. The third-order valence-electron chi connectivity index (χ3n) is 2.60. The molecule has 1 fully saturated rings. The van der Waals surface area contributed by atoms with Gasteiger partial charge in [0.15, 0.2) is 0 Å².